The summed E-state index contributed by atoms with van der Waals surface area (Å²) >= 11 is 0. The number of urea groups is 1. The first-order chi connectivity index (χ1) is 10.0. The Morgan fingerprint density at radius 3 is 2.81 bits per heavy atom. The van der Waals surface area contributed by atoms with Crippen molar-refractivity contribution in [3.8, 4) is 0 Å². The number of amides is 2. The molecule has 5 nitrogen and oxygen atoms in total. The zero-order valence-corrected chi connectivity index (χ0v) is 13.7. The molecule has 2 N–H and O–H groups in total. The van der Waals surface area contributed by atoms with E-state index >= 15 is 0 Å². The van der Waals surface area contributed by atoms with Crippen LogP contribution in [0.3, 0.4) is 0 Å². The van der Waals surface area contributed by atoms with Crippen LogP contribution in [0.2, 0.25) is 0 Å². The van der Waals surface area contributed by atoms with Crippen LogP contribution in [0.4, 0.5) is 10.5 Å². The molecule has 0 unspecified atom stereocenters. The third-order valence-corrected chi connectivity index (χ3v) is 3.98. The molecule has 0 radical (unpaired) electrons. The fourth-order valence-electron chi connectivity index (χ4n) is 1.65. The molecule has 0 aliphatic carbocycles. The number of methoxy groups -OCH3 is 1. The van der Waals surface area contributed by atoms with Crippen LogP contribution >= 0.6 is 0 Å². The smallest absolute Gasteiger partial charge is 0.319 e. The summed E-state index contributed by atoms with van der Waals surface area (Å²) in [5.74, 6) is 1.39. The Kier molecular flexibility index (Phi) is 8.00. The van der Waals surface area contributed by atoms with Crippen LogP contribution in [0.25, 0.3) is 0 Å². The lowest BCUT2D eigenvalue weighted by atomic mass is 10.2. The molecule has 21 heavy (non-hydrogen) atoms. The van der Waals surface area contributed by atoms with E-state index in [0.717, 1.165) is 5.56 Å². The van der Waals surface area contributed by atoms with Gasteiger partial charge in [-0.3, -0.25) is 4.21 Å². The Morgan fingerprint density at radius 2 is 2.14 bits per heavy atom. The Bertz CT molecular complexity index is 478. The first-order valence-electron chi connectivity index (χ1n) is 6.99. The van der Waals surface area contributed by atoms with Gasteiger partial charge in [0, 0.05) is 41.6 Å². The van der Waals surface area contributed by atoms with Crippen LogP contribution in [0.5, 0.6) is 0 Å². The first-order valence-corrected chi connectivity index (χ1v) is 8.47. The predicted molar refractivity (Wildman–Crippen MR) is 86.9 cm³/mol. The molecule has 0 heterocycles. The molecule has 1 aromatic rings. The van der Waals surface area contributed by atoms with Gasteiger partial charge in [0.05, 0.1) is 6.61 Å². The number of carbonyl (C=O) groups excluding carboxylic acids is 1. The number of ether oxygens (including phenoxy) is 1. The van der Waals surface area contributed by atoms with Gasteiger partial charge in [0.2, 0.25) is 0 Å². The summed E-state index contributed by atoms with van der Waals surface area (Å²) < 4.78 is 16.7. The van der Waals surface area contributed by atoms with Gasteiger partial charge >= 0.3 is 6.03 Å². The fourth-order valence-corrected chi connectivity index (χ4v) is 2.69. The van der Waals surface area contributed by atoms with Crippen molar-refractivity contribution in [3.05, 3.63) is 29.8 Å². The second kappa shape index (κ2) is 9.52. The van der Waals surface area contributed by atoms with Crippen LogP contribution < -0.4 is 10.6 Å². The van der Waals surface area contributed by atoms with Crippen molar-refractivity contribution < 1.29 is 13.7 Å². The number of benzene rings is 1. The number of hydrogen-bond donors (Lipinski definition) is 2. The van der Waals surface area contributed by atoms with Gasteiger partial charge in [-0.2, -0.15) is 0 Å². The second-order valence-corrected chi connectivity index (χ2v) is 6.79. The van der Waals surface area contributed by atoms with Crippen LogP contribution in [-0.2, 0) is 21.3 Å². The average molecular weight is 312 g/mol. The highest BCUT2D eigenvalue weighted by molar-refractivity contribution is 7.84. The molecule has 1 rings (SSSR count). The van der Waals surface area contributed by atoms with Gasteiger partial charge in [-0.1, -0.05) is 26.0 Å². The molecule has 118 valence electrons. The van der Waals surface area contributed by atoms with E-state index in [4.69, 9.17) is 4.74 Å². The third-order valence-electron chi connectivity index (χ3n) is 2.70. The van der Waals surface area contributed by atoms with Crippen LogP contribution in [0, 0.1) is 5.92 Å². The van der Waals surface area contributed by atoms with Crippen molar-refractivity contribution in [1.82, 2.24) is 5.32 Å². The molecule has 0 bridgehead atoms. The van der Waals surface area contributed by atoms with E-state index in [0.29, 0.717) is 36.3 Å². The molecule has 1 atom stereocenters. The summed E-state index contributed by atoms with van der Waals surface area (Å²) in [4.78, 5) is 11.7. The zero-order valence-electron chi connectivity index (χ0n) is 12.8. The maximum absolute atomic E-state index is 11.8. The van der Waals surface area contributed by atoms with Crippen molar-refractivity contribution in [2.75, 3.05) is 31.3 Å². The standard InChI is InChI=1S/C15H24N2O3S/c1-12(2)10-16-15(18)17-14-6-4-5-13(9-14)11-21(19)8-7-20-3/h4-6,9,12H,7-8,10-11H2,1-3H3,(H2,16,17,18)/t21-/m1/s1. The van der Waals surface area contributed by atoms with Crippen LogP contribution in [0.1, 0.15) is 19.4 Å². The molecule has 6 heteroatoms. The molecule has 0 aliphatic rings. The highest BCUT2D eigenvalue weighted by atomic mass is 32.2. The molecule has 0 spiro atoms. The van der Waals surface area contributed by atoms with Crippen molar-refractivity contribution in [1.29, 1.82) is 0 Å². The molecular formula is C15H24N2O3S. The maximum Gasteiger partial charge on any atom is 0.319 e. The summed E-state index contributed by atoms with van der Waals surface area (Å²) in [6, 6.07) is 7.19. The number of nitrogens with one attached hydrogen (secondary N) is 2. The van der Waals surface area contributed by atoms with Gasteiger partial charge in [-0.15, -0.1) is 0 Å². The van der Waals surface area contributed by atoms with Crippen molar-refractivity contribution >= 4 is 22.5 Å². The van der Waals surface area contributed by atoms with E-state index in [1.807, 2.05) is 38.1 Å². The first kappa shape index (κ1) is 17.7. The van der Waals surface area contributed by atoms with Crippen LogP contribution in [-0.4, -0.2) is 36.3 Å². The van der Waals surface area contributed by atoms with Gasteiger partial charge in [0.1, 0.15) is 0 Å². The summed E-state index contributed by atoms with van der Waals surface area (Å²) in [6.45, 7) is 5.20. The van der Waals surface area contributed by atoms with E-state index in [9.17, 15) is 9.00 Å². The average Bonchev–Trinajstić information content (AvgIpc) is 2.43. The summed E-state index contributed by atoms with van der Waals surface area (Å²) in [5, 5.41) is 5.57. The second-order valence-electron chi connectivity index (χ2n) is 5.21. The van der Waals surface area contributed by atoms with Gasteiger partial charge in [-0.05, 0) is 23.6 Å². The summed E-state index contributed by atoms with van der Waals surface area (Å²) in [6.07, 6.45) is 0. The monoisotopic (exact) mass is 312 g/mol. The number of rotatable bonds is 8. The SMILES string of the molecule is COCC[S@@](=O)Cc1cccc(NC(=O)NCC(C)C)c1. The third kappa shape index (κ3) is 7.82. The minimum absolute atomic E-state index is 0.221. The van der Waals surface area contributed by atoms with E-state index < -0.39 is 10.8 Å². The highest BCUT2D eigenvalue weighted by Gasteiger charge is 2.05. The predicted octanol–water partition coefficient (Wildman–Crippen LogP) is 2.36. The number of anilines is 1. The highest BCUT2D eigenvalue weighted by Crippen LogP contribution is 2.12. The van der Waals surface area contributed by atoms with E-state index in [1.54, 1.807) is 7.11 Å². The maximum atomic E-state index is 11.8. The van der Waals surface area contributed by atoms with E-state index in [-0.39, 0.29) is 6.03 Å². The molecule has 1 aromatic carbocycles. The lowest BCUT2D eigenvalue weighted by Crippen LogP contribution is -2.31. The number of carbonyl (C=O) groups is 1. The topological polar surface area (TPSA) is 67.4 Å². The molecular weight excluding hydrogens is 288 g/mol. The van der Waals surface area contributed by atoms with Gasteiger partial charge in [-0.25, -0.2) is 4.79 Å². The quantitative estimate of drug-likeness (QED) is 0.774. The minimum Gasteiger partial charge on any atom is -0.384 e. The van der Waals surface area contributed by atoms with E-state index in [1.165, 1.54) is 0 Å². The largest absolute Gasteiger partial charge is 0.384 e. The van der Waals surface area contributed by atoms with Crippen LogP contribution in [0.15, 0.2) is 24.3 Å². The Hall–Kier alpha value is -1.40. The lowest BCUT2D eigenvalue weighted by molar-refractivity contribution is 0.218. The molecule has 2 amide bonds. The van der Waals surface area contributed by atoms with Gasteiger partial charge < -0.3 is 15.4 Å². The number of hydrogen-bond acceptors (Lipinski definition) is 3. The zero-order chi connectivity index (χ0) is 15.7. The molecule has 0 fully saturated rings. The van der Waals surface area contributed by atoms with Crippen molar-refractivity contribution in [2.24, 2.45) is 5.92 Å². The van der Waals surface area contributed by atoms with Crippen molar-refractivity contribution in [2.45, 2.75) is 19.6 Å². The molecule has 0 aromatic heterocycles. The van der Waals surface area contributed by atoms with E-state index in [2.05, 4.69) is 10.6 Å². The fraction of sp³-hybridized carbons (Fsp3) is 0.533. The van der Waals surface area contributed by atoms with Gasteiger partial charge in [0.25, 0.3) is 0 Å². The molecule has 0 saturated carbocycles. The lowest BCUT2D eigenvalue weighted by Gasteiger charge is -2.10. The normalized spacial score (nSPS) is 12.2. The Balaban J connectivity index is 2.52. The Morgan fingerprint density at radius 1 is 1.38 bits per heavy atom. The Labute approximate surface area is 128 Å². The van der Waals surface area contributed by atoms with Crippen molar-refractivity contribution in [3.63, 3.8) is 0 Å². The summed E-state index contributed by atoms with van der Waals surface area (Å²) in [5.41, 5.74) is 1.64. The molecule has 0 saturated heterocycles. The molecule has 0 aliphatic heterocycles. The van der Waals surface area contributed by atoms with Gasteiger partial charge in [0.15, 0.2) is 0 Å². The minimum atomic E-state index is -0.955. The summed E-state index contributed by atoms with van der Waals surface area (Å²) in [7, 11) is 0.640.